The maximum absolute atomic E-state index is 14.0. The third kappa shape index (κ3) is 9.38. The molecule has 2 N–H and O–H groups in total. The lowest BCUT2D eigenvalue weighted by molar-refractivity contribution is -0.152. The van der Waals surface area contributed by atoms with Crippen LogP contribution in [0.1, 0.15) is 74.1 Å². The van der Waals surface area contributed by atoms with Gasteiger partial charge in [-0.25, -0.2) is 0 Å². The van der Waals surface area contributed by atoms with Crippen LogP contribution in [0.5, 0.6) is 0 Å². The Bertz CT molecular complexity index is 889. The molecule has 1 fully saturated rings. The van der Waals surface area contributed by atoms with Gasteiger partial charge in [0.15, 0.2) is 0 Å². The van der Waals surface area contributed by atoms with E-state index in [0.717, 1.165) is 12.8 Å². The summed E-state index contributed by atoms with van der Waals surface area (Å²) in [4.78, 5) is 57.9. The van der Waals surface area contributed by atoms with E-state index in [9.17, 15) is 24.3 Å². The lowest BCUT2D eigenvalue weighted by atomic mass is 9.89. The van der Waals surface area contributed by atoms with Gasteiger partial charge in [0.05, 0.1) is 42.7 Å². The highest BCUT2D eigenvalue weighted by molar-refractivity contribution is 5.90. The summed E-state index contributed by atoms with van der Waals surface area (Å²) in [5, 5.41) is 12.6. The number of carbonyl (C=O) groups is 4. The van der Waals surface area contributed by atoms with Gasteiger partial charge < -0.3 is 29.7 Å². The first-order valence-electron chi connectivity index (χ1n) is 15.4. The van der Waals surface area contributed by atoms with E-state index >= 15 is 0 Å². The molecule has 1 rings (SSSR count). The molecule has 0 aliphatic carbocycles. The first-order chi connectivity index (χ1) is 19.5. The fraction of sp³-hybridized carbons (Fsp3) is 0.871. The van der Waals surface area contributed by atoms with Crippen molar-refractivity contribution < 1.29 is 33.8 Å². The van der Waals surface area contributed by atoms with Crippen LogP contribution < -0.4 is 5.32 Å². The van der Waals surface area contributed by atoms with E-state index in [1.54, 1.807) is 30.9 Å². The highest BCUT2D eigenvalue weighted by Gasteiger charge is 2.43. The SMILES string of the molecule is CC[C@H](C)[C@@H]([C@@H](CC(=O)N1CCC[C@H]1[C@H](OC)[C@@H](C)C(=O)O)OC)N(C)C(=O)[C@@H](NC(=O)[C@@H](C(C)C)N(C)C)C(C)C. The molecule has 42 heavy (non-hydrogen) atoms. The van der Waals surface area contributed by atoms with Crippen LogP contribution in [0.25, 0.3) is 0 Å². The monoisotopic (exact) mass is 598 g/mol. The molecule has 0 radical (unpaired) electrons. The fourth-order valence-corrected chi connectivity index (χ4v) is 6.40. The van der Waals surface area contributed by atoms with E-state index in [2.05, 4.69) is 5.32 Å². The number of carboxylic acids is 1. The van der Waals surface area contributed by atoms with Crippen molar-refractivity contribution in [3.63, 3.8) is 0 Å². The van der Waals surface area contributed by atoms with Crippen LogP contribution in [0.15, 0.2) is 0 Å². The topological polar surface area (TPSA) is 129 Å². The molecule has 3 amide bonds. The number of aliphatic carboxylic acids is 1. The Balaban J connectivity index is 3.26. The predicted molar refractivity (Wildman–Crippen MR) is 163 cm³/mol. The Kier molecular flexibility index (Phi) is 15.4. The quantitative estimate of drug-likeness (QED) is 0.262. The van der Waals surface area contributed by atoms with Gasteiger partial charge in [0.2, 0.25) is 17.7 Å². The number of ether oxygens (including phenoxy) is 2. The number of hydrogen-bond acceptors (Lipinski definition) is 7. The van der Waals surface area contributed by atoms with Crippen molar-refractivity contribution in [1.82, 2.24) is 20.0 Å². The maximum atomic E-state index is 14.0. The molecule has 0 aromatic carbocycles. The van der Waals surface area contributed by atoms with Crippen LogP contribution in [0.4, 0.5) is 0 Å². The second kappa shape index (κ2) is 17.2. The highest BCUT2D eigenvalue weighted by Crippen LogP contribution is 2.29. The Hall–Kier alpha value is -2.24. The summed E-state index contributed by atoms with van der Waals surface area (Å²) in [5.41, 5.74) is 0. The highest BCUT2D eigenvalue weighted by atomic mass is 16.5. The van der Waals surface area contributed by atoms with Crippen molar-refractivity contribution in [2.24, 2.45) is 23.7 Å². The lowest BCUT2D eigenvalue weighted by Crippen LogP contribution is -2.59. The summed E-state index contributed by atoms with van der Waals surface area (Å²) in [6, 6.07) is -1.90. The van der Waals surface area contributed by atoms with Crippen molar-refractivity contribution in [3.8, 4) is 0 Å². The molecule has 0 aromatic heterocycles. The molecule has 0 aromatic rings. The molecular formula is C31H58N4O7. The smallest absolute Gasteiger partial charge is 0.308 e. The first kappa shape index (κ1) is 37.8. The molecule has 1 aliphatic rings. The molecule has 0 bridgehead atoms. The average molecular weight is 599 g/mol. The molecule has 0 unspecified atom stereocenters. The fourth-order valence-electron chi connectivity index (χ4n) is 6.40. The van der Waals surface area contributed by atoms with Crippen molar-refractivity contribution >= 4 is 23.7 Å². The van der Waals surface area contributed by atoms with Gasteiger partial charge in [0.1, 0.15) is 6.04 Å². The zero-order valence-corrected chi connectivity index (χ0v) is 28.0. The maximum Gasteiger partial charge on any atom is 0.308 e. The van der Waals surface area contributed by atoms with Gasteiger partial charge >= 0.3 is 5.97 Å². The number of hydrogen-bond donors (Lipinski definition) is 2. The number of nitrogens with one attached hydrogen (secondary N) is 1. The van der Waals surface area contributed by atoms with Gasteiger partial charge in [-0.15, -0.1) is 0 Å². The van der Waals surface area contributed by atoms with Gasteiger partial charge in [-0.1, -0.05) is 48.0 Å². The lowest BCUT2D eigenvalue weighted by Gasteiger charge is -2.41. The summed E-state index contributed by atoms with van der Waals surface area (Å²) < 4.78 is 11.5. The van der Waals surface area contributed by atoms with E-state index in [1.807, 2.05) is 60.5 Å². The van der Waals surface area contributed by atoms with E-state index in [1.165, 1.54) is 7.11 Å². The molecule has 1 saturated heterocycles. The Morgan fingerprint density at radius 1 is 0.976 bits per heavy atom. The first-order valence-corrected chi connectivity index (χ1v) is 15.4. The number of carbonyl (C=O) groups excluding carboxylic acids is 3. The molecule has 0 saturated carbocycles. The number of amides is 3. The van der Waals surface area contributed by atoms with Crippen LogP contribution in [0.3, 0.4) is 0 Å². The predicted octanol–water partition coefficient (Wildman–Crippen LogP) is 2.72. The van der Waals surface area contributed by atoms with Gasteiger partial charge in [0.25, 0.3) is 0 Å². The van der Waals surface area contributed by atoms with E-state index in [-0.39, 0.29) is 54.0 Å². The summed E-state index contributed by atoms with van der Waals surface area (Å²) in [5.74, 6) is -2.42. The van der Waals surface area contributed by atoms with Crippen molar-refractivity contribution in [2.45, 2.75) is 111 Å². The van der Waals surface area contributed by atoms with Crippen LogP contribution in [-0.4, -0.2) is 122 Å². The minimum Gasteiger partial charge on any atom is -0.481 e. The number of rotatable bonds is 17. The van der Waals surface area contributed by atoms with Crippen LogP contribution in [0, 0.1) is 23.7 Å². The Labute approximate surface area is 253 Å². The van der Waals surface area contributed by atoms with Gasteiger partial charge in [-0.05, 0) is 51.6 Å². The molecule has 1 aliphatic heterocycles. The van der Waals surface area contributed by atoms with Crippen molar-refractivity contribution in [1.29, 1.82) is 0 Å². The Morgan fingerprint density at radius 2 is 1.57 bits per heavy atom. The third-order valence-corrected chi connectivity index (χ3v) is 8.92. The standard InChI is InChI=1S/C31H58N4O7/c1-13-20(6)27(34(10)30(38)25(18(2)3)32-29(37)26(19(4)5)33(8)9)23(41-11)17-24(36)35-16-14-15-22(35)28(42-12)21(7)31(39)40/h18-23,25-28H,13-17H2,1-12H3,(H,32,37)(H,39,40)/t20-,21+,22-,23+,25-,26+,27-,28+/m0/s1. The van der Waals surface area contributed by atoms with E-state index in [0.29, 0.717) is 13.0 Å². The number of nitrogens with zero attached hydrogens (tertiary/aromatic N) is 3. The number of carboxylic acid groups (broad SMARTS) is 1. The number of likely N-dealkylation sites (tertiary alicyclic amines) is 1. The van der Waals surface area contributed by atoms with E-state index < -0.39 is 36.2 Å². The van der Waals surface area contributed by atoms with Crippen LogP contribution in [-0.2, 0) is 28.7 Å². The molecule has 0 spiro atoms. The minimum atomic E-state index is -0.968. The molecule has 1 heterocycles. The molecule has 11 nitrogen and oxygen atoms in total. The van der Waals surface area contributed by atoms with Gasteiger partial charge in [-0.3, -0.25) is 24.1 Å². The van der Waals surface area contributed by atoms with E-state index in [4.69, 9.17) is 9.47 Å². The normalized spacial score (nSPS) is 20.6. The average Bonchev–Trinajstić information content (AvgIpc) is 3.39. The zero-order chi connectivity index (χ0) is 32.5. The largest absolute Gasteiger partial charge is 0.481 e. The number of likely N-dealkylation sites (N-methyl/N-ethyl adjacent to an activating group) is 2. The third-order valence-electron chi connectivity index (χ3n) is 8.92. The van der Waals surface area contributed by atoms with Gasteiger partial charge in [-0.2, -0.15) is 0 Å². The molecule has 8 atom stereocenters. The Morgan fingerprint density at radius 3 is 2.00 bits per heavy atom. The molecule has 244 valence electrons. The minimum absolute atomic E-state index is 0.00136. The molecular weight excluding hydrogens is 540 g/mol. The second-order valence-electron chi connectivity index (χ2n) is 12.8. The van der Waals surface area contributed by atoms with Crippen molar-refractivity contribution in [2.75, 3.05) is 41.9 Å². The second-order valence-corrected chi connectivity index (χ2v) is 12.8. The number of methoxy groups -OCH3 is 2. The molecule has 11 heteroatoms. The summed E-state index contributed by atoms with van der Waals surface area (Å²) in [7, 11) is 8.45. The summed E-state index contributed by atoms with van der Waals surface area (Å²) in [6.07, 6.45) is 0.970. The van der Waals surface area contributed by atoms with Crippen LogP contribution >= 0.6 is 0 Å². The van der Waals surface area contributed by atoms with Gasteiger partial charge in [0, 0.05) is 27.8 Å². The zero-order valence-electron chi connectivity index (χ0n) is 28.0. The van der Waals surface area contributed by atoms with Crippen LogP contribution in [0.2, 0.25) is 0 Å². The summed E-state index contributed by atoms with van der Waals surface area (Å²) >= 11 is 0. The summed E-state index contributed by atoms with van der Waals surface area (Å²) in [6.45, 7) is 13.9. The van der Waals surface area contributed by atoms with Crippen molar-refractivity contribution in [3.05, 3.63) is 0 Å².